The molecule has 0 spiro atoms. The molecule has 0 unspecified atom stereocenters. The lowest BCUT2D eigenvalue weighted by Gasteiger charge is -2.10. The maximum absolute atomic E-state index is 12.0. The predicted molar refractivity (Wildman–Crippen MR) is 98.4 cm³/mol. The number of halogens is 1. The Morgan fingerprint density at radius 2 is 1.96 bits per heavy atom. The molecule has 2 N–H and O–H groups in total. The van der Waals surface area contributed by atoms with Gasteiger partial charge in [0.05, 0.1) is 12.7 Å². The van der Waals surface area contributed by atoms with Crippen LogP contribution in [0.3, 0.4) is 0 Å². The summed E-state index contributed by atoms with van der Waals surface area (Å²) in [6.07, 6.45) is 0.317. The smallest absolute Gasteiger partial charge is 0.337 e. The van der Waals surface area contributed by atoms with Crippen LogP contribution >= 0.6 is 15.9 Å². The second-order valence-electron chi connectivity index (χ2n) is 5.26. The molecule has 0 radical (unpaired) electrons. The third-order valence-electron chi connectivity index (χ3n) is 3.42. The number of aryl methyl sites for hydroxylation is 1. The molecule has 0 heterocycles. The van der Waals surface area contributed by atoms with Crippen molar-refractivity contribution in [3.8, 4) is 0 Å². The van der Waals surface area contributed by atoms with Crippen molar-refractivity contribution in [2.75, 3.05) is 24.3 Å². The van der Waals surface area contributed by atoms with Crippen LogP contribution in [-0.4, -0.2) is 25.5 Å². The van der Waals surface area contributed by atoms with Crippen molar-refractivity contribution >= 4 is 39.2 Å². The van der Waals surface area contributed by atoms with Crippen LogP contribution in [0.1, 0.15) is 22.3 Å². The highest BCUT2D eigenvalue weighted by atomic mass is 79.9. The summed E-state index contributed by atoms with van der Waals surface area (Å²) in [6, 6.07) is 12.6. The van der Waals surface area contributed by atoms with Crippen molar-refractivity contribution in [1.29, 1.82) is 0 Å². The number of rotatable bonds is 6. The lowest BCUT2D eigenvalue weighted by Crippen LogP contribution is -2.16. The molecular formula is C18H19BrN2O3. The fraction of sp³-hybridized carbons (Fsp3) is 0.222. The van der Waals surface area contributed by atoms with Gasteiger partial charge in [-0.05, 0) is 48.9 Å². The Hall–Kier alpha value is -2.34. The summed E-state index contributed by atoms with van der Waals surface area (Å²) in [5.41, 5.74) is 3.08. The number of esters is 1. The van der Waals surface area contributed by atoms with E-state index in [1.807, 2.05) is 25.1 Å². The van der Waals surface area contributed by atoms with E-state index >= 15 is 0 Å². The molecule has 0 aliphatic rings. The van der Waals surface area contributed by atoms with Gasteiger partial charge in [0.2, 0.25) is 5.91 Å². The van der Waals surface area contributed by atoms with Gasteiger partial charge in [-0.2, -0.15) is 0 Å². The van der Waals surface area contributed by atoms with Gasteiger partial charge in [-0.15, -0.1) is 0 Å². The minimum Gasteiger partial charge on any atom is -0.465 e. The number of hydrogen-bond donors (Lipinski definition) is 2. The molecule has 0 atom stereocenters. The first kappa shape index (κ1) is 18.0. The highest BCUT2D eigenvalue weighted by molar-refractivity contribution is 9.10. The highest BCUT2D eigenvalue weighted by Gasteiger charge is 2.08. The second-order valence-corrected chi connectivity index (χ2v) is 6.17. The fourth-order valence-corrected chi connectivity index (χ4v) is 2.68. The first-order valence-electron chi connectivity index (χ1n) is 7.48. The average Bonchev–Trinajstić information content (AvgIpc) is 2.56. The standard InChI is InChI=1S/C18H19BrN2O3/c1-12-10-14(19)6-7-16(12)20-9-8-17(22)21-15-5-3-4-13(11-15)18(23)24-2/h3-7,10-11,20H,8-9H2,1-2H3,(H,21,22). The van der Waals surface area contributed by atoms with Gasteiger partial charge in [0.1, 0.15) is 0 Å². The van der Waals surface area contributed by atoms with Gasteiger partial charge in [-0.1, -0.05) is 22.0 Å². The van der Waals surface area contributed by atoms with Crippen LogP contribution in [0.5, 0.6) is 0 Å². The third-order valence-corrected chi connectivity index (χ3v) is 3.92. The molecule has 5 nitrogen and oxygen atoms in total. The van der Waals surface area contributed by atoms with Crippen molar-refractivity contribution in [3.05, 3.63) is 58.1 Å². The van der Waals surface area contributed by atoms with Crippen LogP contribution in [0.2, 0.25) is 0 Å². The molecule has 0 aliphatic carbocycles. The molecule has 0 aromatic heterocycles. The number of hydrogen-bond acceptors (Lipinski definition) is 4. The minimum atomic E-state index is -0.432. The molecular weight excluding hydrogens is 372 g/mol. The maximum Gasteiger partial charge on any atom is 0.337 e. The molecule has 2 aromatic carbocycles. The molecule has 126 valence electrons. The van der Waals surface area contributed by atoms with Crippen LogP contribution in [0, 0.1) is 6.92 Å². The lowest BCUT2D eigenvalue weighted by molar-refractivity contribution is -0.115. The Morgan fingerprint density at radius 1 is 1.17 bits per heavy atom. The van der Waals surface area contributed by atoms with Crippen LogP contribution in [-0.2, 0) is 9.53 Å². The lowest BCUT2D eigenvalue weighted by atomic mass is 10.2. The van der Waals surface area contributed by atoms with E-state index in [1.54, 1.807) is 24.3 Å². The number of carbonyl (C=O) groups is 2. The normalized spacial score (nSPS) is 10.1. The van der Waals surface area contributed by atoms with Gasteiger partial charge in [-0.25, -0.2) is 4.79 Å². The van der Waals surface area contributed by atoms with Crippen molar-refractivity contribution in [3.63, 3.8) is 0 Å². The quantitative estimate of drug-likeness (QED) is 0.731. The highest BCUT2D eigenvalue weighted by Crippen LogP contribution is 2.20. The van der Waals surface area contributed by atoms with E-state index in [0.717, 1.165) is 15.7 Å². The van der Waals surface area contributed by atoms with E-state index < -0.39 is 5.97 Å². The first-order chi connectivity index (χ1) is 11.5. The van der Waals surface area contributed by atoms with Crippen molar-refractivity contribution in [2.24, 2.45) is 0 Å². The molecule has 0 bridgehead atoms. The van der Waals surface area contributed by atoms with Crippen LogP contribution < -0.4 is 10.6 Å². The number of nitrogens with one attached hydrogen (secondary N) is 2. The van der Waals surface area contributed by atoms with Gasteiger partial charge in [0.25, 0.3) is 0 Å². The van der Waals surface area contributed by atoms with Crippen LogP contribution in [0.4, 0.5) is 11.4 Å². The van der Waals surface area contributed by atoms with Crippen molar-refractivity contribution < 1.29 is 14.3 Å². The largest absolute Gasteiger partial charge is 0.465 e. The van der Waals surface area contributed by atoms with Gasteiger partial charge >= 0.3 is 5.97 Å². The summed E-state index contributed by atoms with van der Waals surface area (Å²) < 4.78 is 5.69. The number of anilines is 2. The van der Waals surface area contributed by atoms with Crippen LogP contribution in [0.15, 0.2) is 46.9 Å². The number of benzene rings is 2. The Balaban J connectivity index is 1.86. The van der Waals surface area contributed by atoms with E-state index in [2.05, 4.69) is 31.3 Å². The summed E-state index contributed by atoms with van der Waals surface area (Å²) in [6.45, 7) is 2.52. The van der Waals surface area contributed by atoms with Crippen molar-refractivity contribution in [1.82, 2.24) is 0 Å². The predicted octanol–water partition coefficient (Wildman–Crippen LogP) is 3.98. The Labute approximate surface area is 149 Å². The molecule has 1 amide bonds. The SMILES string of the molecule is COC(=O)c1cccc(NC(=O)CCNc2ccc(Br)cc2C)c1. The maximum atomic E-state index is 12.0. The zero-order chi connectivity index (χ0) is 17.5. The number of amides is 1. The summed E-state index contributed by atoms with van der Waals surface area (Å²) in [5, 5.41) is 6.02. The molecule has 0 aliphatic heterocycles. The van der Waals surface area contributed by atoms with E-state index in [1.165, 1.54) is 7.11 Å². The Kier molecular flexibility index (Phi) is 6.37. The van der Waals surface area contributed by atoms with Gasteiger partial charge in [-0.3, -0.25) is 4.79 Å². The molecule has 0 saturated carbocycles. The number of ether oxygens (including phenoxy) is 1. The summed E-state index contributed by atoms with van der Waals surface area (Å²) in [5.74, 6) is -0.558. The molecule has 0 saturated heterocycles. The molecule has 6 heteroatoms. The monoisotopic (exact) mass is 390 g/mol. The molecule has 2 rings (SSSR count). The molecule has 2 aromatic rings. The fourth-order valence-electron chi connectivity index (χ4n) is 2.20. The first-order valence-corrected chi connectivity index (χ1v) is 8.27. The van der Waals surface area contributed by atoms with E-state index in [9.17, 15) is 9.59 Å². The Morgan fingerprint density at radius 3 is 2.67 bits per heavy atom. The minimum absolute atomic E-state index is 0.126. The van der Waals surface area contributed by atoms with Gasteiger partial charge in [0, 0.05) is 28.8 Å². The molecule has 24 heavy (non-hydrogen) atoms. The zero-order valence-corrected chi connectivity index (χ0v) is 15.1. The third kappa shape index (κ3) is 5.09. The summed E-state index contributed by atoms with van der Waals surface area (Å²) in [7, 11) is 1.32. The number of methoxy groups -OCH3 is 1. The van der Waals surface area contributed by atoms with Gasteiger partial charge in [0.15, 0.2) is 0 Å². The second kappa shape index (κ2) is 8.49. The van der Waals surface area contributed by atoms with E-state index in [4.69, 9.17) is 0 Å². The summed E-state index contributed by atoms with van der Waals surface area (Å²) in [4.78, 5) is 23.5. The van der Waals surface area contributed by atoms with Crippen molar-refractivity contribution in [2.45, 2.75) is 13.3 Å². The van der Waals surface area contributed by atoms with Crippen LogP contribution in [0.25, 0.3) is 0 Å². The van der Waals surface area contributed by atoms with Gasteiger partial charge < -0.3 is 15.4 Å². The Bertz CT molecular complexity index is 747. The summed E-state index contributed by atoms with van der Waals surface area (Å²) >= 11 is 3.42. The van der Waals surface area contributed by atoms with E-state index in [-0.39, 0.29) is 5.91 Å². The number of carbonyl (C=O) groups excluding carboxylic acids is 2. The average molecular weight is 391 g/mol. The zero-order valence-electron chi connectivity index (χ0n) is 13.6. The van der Waals surface area contributed by atoms with E-state index in [0.29, 0.717) is 24.2 Å². The molecule has 0 fully saturated rings. The topological polar surface area (TPSA) is 67.4 Å².